The van der Waals surface area contributed by atoms with Crippen molar-refractivity contribution < 1.29 is 4.79 Å². The fourth-order valence-corrected chi connectivity index (χ4v) is 2.90. The minimum absolute atomic E-state index is 0.0690. The molecule has 1 heterocycles. The molecule has 0 N–H and O–H groups in total. The van der Waals surface area contributed by atoms with Crippen molar-refractivity contribution in [3.05, 3.63) is 71.4 Å². The number of hydrogen-bond acceptors (Lipinski definition) is 2. The van der Waals surface area contributed by atoms with E-state index in [4.69, 9.17) is 0 Å². The van der Waals surface area contributed by atoms with Crippen LogP contribution in [0.2, 0.25) is 0 Å². The Morgan fingerprint density at radius 2 is 1.65 bits per heavy atom. The van der Waals surface area contributed by atoms with E-state index < -0.39 is 0 Å². The van der Waals surface area contributed by atoms with E-state index in [1.807, 2.05) is 62.5 Å². The minimum Gasteiger partial charge on any atom is -0.315 e. The highest BCUT2D eigenvalue weighted by atomic mass is 16.2. The van der Waals surface area contributed by atoms with Crippen LogP contribution in [-0.4, -0.2) is 17.9 Å². The average molecular weight is 304 g/mol. The van der Waals surface area contributed by atoms with Gasteiger partial charge in [-0.15, -0.1) is 0 Å². The standard InChI is InChI=1S/C20H20N2O/c1-14-17-11-7-8-12-19(17)21-15(2)18(14)13-20(23)22(3)16-9-5-4-6-10-16/h4-12H,13H2,1-3H3. The number of carbonyl (C=O) groups excluding carboxylic acids is 1. The van der Waals surface area contributed by atoms with E-state index in [9.17, 15) is 4.79 Å². The molecule has 1 aromatic heterocycles. The summed E-state index contributed by atoms with van der Waals surface area (Å²) in [5, 5.41) is 1.11. The van der Waals surface area contributed by atoms with E-state index >= 15 is 0 Å². The van der Waals surface area contributed by atoms with Gasteiger partial charge in [-0.2, -0.15) is 0 Å². The van der Waals surface area contributed by atoms with Crippen LogP contribution in [0.25, 0.3) is 10.9 Å². The smallest absolute Gasteiger partial charge is 0.231 e. The van der Waals surface area contributed by atoms with Crippen molar-refractivity contribution in [3.63, 3.8) is 0 Å². The number of likely N-dealkylation sites (N-methyl/N-ethyl adjacent to an activating group) is 1. The van der Waals surface area contributed by atoms with Crippen molar-refractivity contribution >= 4 is 22.5 Å². The van der Waals surface area contributed by atoms with Gasteiger partial charge < -0.3 is 4.90 Å². The van der Waals surface area contributed by atoms with Crippen molar-refractivity contribution in [2.24, 2.45) is 0 Å². The van der Waals surface area contributed by atoms with E-state index in [0.29, 0.717) is 6.42 Å². The largest absolute Gasteiger partial charge is 0.315 e. The molecule has 0 saturated heterocycles. The number of nitrogens with zero attached hydrogens (tertiary/aromatic N) is 2. The Morgan fingerprint density at radius 1 is 1.00 bits per heavy atom. The van der Waals surface area contributed by atoms with Gasteiger partial charge in [0.05, 0.1) is 11.9 Å². The Bertz CT molecular complexity index is 856. The SMILES string of the molecule is Cc1nc2ccccc2c(C)c1CC(=O)N(C)c1ccccc1. The highest BCUT2D eigenvalue weighted by molar-refractivity contribution is 5.95. The third-order valence-electron chi connectivity index (χ3n) is 4.33. The van der Waals surface area contributed by atoms with Gasteiger partial charge in [-0.1, -0.05) is 36.4 Å². The summed E-state index contributed by atoms with van der Waals surface area (Å²) in [5.74, 6) is 0.0690. The zero-order valence-electron chi connectivity index (χ0n) is 13.7. The first-order valence-corrected chi connectivity index (χ1v) is 7.74. The molecule has 23 heavy (non-hydrogen) atoms. The molecule has 3 rings (SSSR count). The molecule has 3 aromatic rings. The van der Waals surface area contributed by atoms with Crippen LogP contribution in [0.1, 0.15) is 16.8 Å². The monoisotopic (exact) mass is 304 g/mol. The lowest BCUT2D eigenvalue weighted by atomic mass is 9.99. The van der Waals surface area contributed by atoms with Gasteiger partial charge in [0.1, 0.15) is 0 Å². The third-order valence-corrected chi connectivity index (χ3v) is 4.33. The first-order chi connectivity index (χ1) is 11.1. The van der Waals surface area contributed by atoms with Crippen molar-refractivity contribution in [2.75, 3.05) is 11.9 Å². The summed E-state index contributed by atoms with van der Waals surface area (Å²) in [6, 6.07) is 17.8. The number of hydrogen-bond donors (Lipinski definition) is 0. The summed E-state index contributed by atoms with van der Waals surface area (Å²) in [7, 11) is 1.82. The molecule has 3 heteroatoms. The molecule has 0 aliphatic carbocycles. The zero-order chi connectivity index (χ0) is 16.4. The van der Waals surface area contributed by atoms with E-state index in [0.717, 1.165) is 33.4 Å². The van der Waals surface area contributed by atoms with Crippen LogP contribution < -0.4 is 4.90 Å². The third kappa shape index (κ3) is 2.95. The summed E-state index contributed by atoms with van der Waals surface area (Å²) >= 11 is 0. The Morgan fingerprint density at radius 3 is 2.39 bits per heavy atom. The fraction of sp³-hybridized carbons (Fsp3) is 0.200. The predicted octanol–water partition coefficient (Wildman–Crippen LogP) is 4.06. The normalized spacial score (nSPS) is 10.7. The van der Waals surface area contributed by atoms with Crippen molar-refractivity contribution in [1.82, 2.24) is 4.98 Å². The molecule has 3 nitrogen and oxygen atoms in total. The molecule has 116 valence electrons. The minimum atomic E-state index is 0.0690. The second kappa shape index (κ2) is 6.21. The number of carbonyl (C=O) groups is 1. The Balaban J connectivity index is 1.94. The topological polar surface area (TPSA) is 33.2 Å². The Hall–Kier alpha value is -2.68. The zero-order valence-corrected chi connectivity index (χ0v) is 13.7. The predicted molar refractivity (Wildman–Crippen MR) is 94.8 cm³/mol. The van der Waals surface area contributed by atoms with E-state index in [2.05, 4.69) is 18.0 Å². The molecule has 0 aliphatic rings. The number of fused-ring (bicyclic) bond motifs is 1. The summed E-state index contributed by atoms with van der Waals surface area (Å²) < 4.78 is 0. The summed E-state index contributed by atoms with van der Waals surface area (Å²) in [4.78, 5) is 19.0. The van der Waals surface area contributed by atoms with Crippen LogP contribution in [-0.2, 0) is 11.2 Å². The molecule has 0 saturated carbocycles. The quantitative estimate of drug-likeness (QED) is 0.731. The maximum absolute atomic E-state index is 12.7. The molecule has 0 aliphatic heterocycles. The molecule has 2 aromatic carbocycles. The molecule has 0 radical (unpaired) electrons. The molecule has 0 unspecified atom stereocenters. The summed E-state index contributed by atoms with van der Waals surface area (Å²) in [6.45, 7) is 4.05. The van der Waals surface area contributed by atoms with Crippen LogP contribution >= 0.6 is 0 Å². The van der Waals surface area contributed by atoms with Crippen molar-refractivity contribution in [2.45, 2.75) is 20.3 Å². The second-order valence-corrected chi connectivity index (χ2v) is 5.78. The lowest BCUT2D eigenvalue weighted by Gasteiger charge is -2.19. The van der Waals surface area contributed by atoms with Gasteiger partial charge >= 0.3 is 0 Å². The van der Waals surface area contributed by atoms with E-state index in [1.54, 1.807) is 4.90 Å². The molecule has 0 bridgehead atoms. The molecular weight excluding hydrogens is 284 g/mol. The van der Waals surface area contributed by atoms with E-state index in [1.165, 1.54) is 0 Å². The van der Waals surface area contributed by atoms with Gasteiger partial charge in [0.25, 0.3) is 0 Å². The number of anilines is 1. The number of benzene rings is 2. The van der Waals surface area contributed by atoms with E-state index in [-0.39, 0.29) is 5.91 Å². The van der Waals surface area contributed by atoms with Crippen molar-refractivity contribution in [1.29, 1.82) is 0 Å². The second-order valence-electron chi connectivity index (χ2n) is 5.78. The highest BCUT2D eigenvalue weighted by Crippen LogP contribution is 2.24. The van der Waals surface area contributed by atoms with Gasteiger partial charge in [-0.05, 0) is 43.2 Å². The number of rotatable bonds is 3. The number of pyridine rings is 1. The lowest BCUT2D eigenvalue weighted by Crippen LogP contribution is -2.28. The van der Waals surface area contributed by atoms with Gasteiger partial charge in [0.15, 0.2) is 0 Å². The number of para-hydroxylation sites is 2. The molecule has 0 atom stereocenters. The first-order valence-electron chi connectivity index (χ1n) is 7.74. The van der Waals surface area contributed by atoms with Crippen LogP contribution in [0.5, 0.6) is 0 Å². The number of aromatic nitrogens is 1. The fourth-order valence-electron chi connectivity index (χ4n) is 2.90. The molecule has 1 amide bonds. The maximum atomic E-state index is 12.7. The van der Waals surface area contributed by atoms with Crippen LogP contribution in [0.4, 0.5) is 5.69 Å². The van der Waals surface area contributed by atoms with Crippen LogP contribution in [0.15, 0.2) is 54.6 Å². The molecular formula is C20H20N2O. The van der Waals surface area contributed by atoms with Crippen molar-refractivity contribution in [3.8, 4) is 0 Å². The Labute approximate surface area is 136 Å². The summed E-state index contributed by atoms with van der Waals surface area (Å²) in [6.07, 6.45) is 0.362. The summed E-state index contributed by atoms with van der Waals surface area (Å²) in [5.41, 5.74) is 4.98. The first kappa shape index (κ1) is 15.2. The van der Waals surface area contributed by atoms with Crippen LogP contribution in [0.3, 0.4) is 0 Å². The number of amides is 1. The maximum Gasteiger partial charge on any atom is 0.231 e. The highest BCUT2D eigenvalue weighted by Gasteiger charge is 2.16. The van der Waals surface area contributed by atoms with Gasteiger partial charge in [0.2, 0.25) is 5.91 Å². The molecule has 0 fully saturated rings. The van der Waals surface area contributed by atoms with Gasteiger partial charge in [-0.3, -0.25) is 9.78 Å². The van der Waals surface area contributed by atoms with Crippen LogP contribution in [0, 0.1) is 13.8 Å². The lowest BCUT2D eigenvalue weighted by molar-refractivity contribution is -0.117. The average Bonchev–Trinajstić information content (AvgIpc) is 2.58. The Kier molecular flexibility index (Phi) is 4.11. The number of aryl methyl sites for hydroxylation is 2. The van der Waals surface area contributed by atoms with Gasteiger partial charge in [-0.25, -0.2) is 0 Å². The van der Waals surface area contributed by atoms with Gasteiger partial charge in [0, 0.05) is 23.8 Å². The molecule has 0 spiro atoms.